The Kier molecular flexibility index (Phi) is 7.84. The van der Waals surface area contributed by atoms with E-state index in [0.717, 1.165) is 22.6 Å². The number of hydrogen-bond acceptors (Lipinski definition) is 7. The number of nitrogens with two attached hydrogens (primary N) is 1. The fourth-order valence-corrected chi connectivity index (χ4v) is 3.95. The van der Waals surface area contributed by atoms with Crippen molar-refractivity contribution in [2.45, 2.75) is 35.8 Å². The largest absolute Gasteiger partial charge is 0.397 e. The molecule has 4 atom stereocenters. The molecule has 31 heavy (non-hydrogen) atoms. The molecule has 1 aliphatic heterocycles. The summed E-state index contributed by atoms with van der Waals surface area (Å²) in [7, 11) is 0. The molecule has 0 saturated carbocycles. The summed E-state index contributed by atoms with van der Waals surface area (Å²) < 4.78 is 51.3. The molecule has 10 heteroatoms. The van der Waals surface area contributed by atoms with Crippen molar-refractivity contribution in [3.05, 3.63) is 71.2 Å². The monoisotopic (exact) mass is 456 g/mol. The van der Waals surface area contributed by atoms with Crippen molar-refractivity contribution >= 4 is 17.5 Å². The zero-order chi connectivity index (χ0) is 22.5. The number of aliphatic hydroxyl groups excluding tert-OH is 2. The summed E-state index contributed by atoms with van der Waals surface area (Å²) in [4.78, 5) is 0.907. The van der Waals surface area contributed by atoms with Crippen LogP contribution in [0.1, 0.15) is 11.1 Å². The van der Waals surface area contributed by atoms with Crippen LogP contribution in [-0.2, 0) is 9.47 Å². The van der Waals surface area contributed by atoms with Gasteiger partial charge in [0, 0.05) is 23.2 Å². The molecule has 2 aromatic carbocycles. The Bertz CT molecular complexity index is 906. The number of halogens is 3. The Morgan fingerprint density at radius 2 is 1.77 bits per heavy atom. The number of thioether (sulfide) groups is 1. The molecule has 6 nitrogen and oxygen atoms in total. The summed E-state index contributed by atoms with van der Waals surface area (Å²) in [5.74, 6) is -4.26. The fourth-order valence-electron chi connectivity index (χ4n) is 2.88. The highest BCUT2D eigenvalue weighted by Crippen LogP contribution is 2.32. The van der Waals surface area contributed by atoms with E-state index >= 15 is 0 Å². The molecule has 0 amide bonds. The quantitative estimate of drug-likeness (QED) is 0.476. The lowest BCUT2D eigenvalue weighted by molar-refractivity contribution is -0.270. The third-order valence-corrected chi connectivity index (χ3v) is 5.78. The summed E-state index contributed by atoms with van der Waals surface area (Å²) in [6.45, 7) is 1.68. The van der Waals surface area contributed by atoms with Gasteiger partial charge in [-0.15, -0.1) is 0 Å². The van der Waals surface area contributed by atoms with Gasteiger partial charge in [0.2, 0.25) is 0 Å². The minimum absolute atomic E-state index is 0.0222. The van der Waals surface area contributed by atoms with Crippen molar-refractivity contribution in [3.63, 3.8) is 0 Å². The molecule has 168 valence electrons. The first-order valence-electron chi connectivity index (χ1n) is 9.45. The van der Waals surface area contributed by atoms with Crippen molar-refractivity contribution in [1.82, 2.24) is 5.32 Å². The minimum atomic E-state index is -1.57. The van der Waals surface area contributed by atoms with Gasteiger partial charge < -0.3 is 30.7 Å². The smallest absolute Gasteiger partial charge is 0.194 e. The van der Waals surface area contributed by atoms with E-state index in [-0.39, 0.29) is 17.8 Å². The van der Waals surface area contributed by atoms with E-state index in [1.165, 1.54) is 18.0 Å². The standard InChI is InChI=1S/C21H23F3N2O4S/c1-11-2-4-13(5-3-11)31-21-17(29-20(28)18(10-27)30-21)9-26-8-16(25)12-6-14(22)19(24)15(23)7-12/h2-8,17-18,20-21,26-28H,9-10,25H2,1H3/b16-8-/t17-,18?,20?,21?/m0/s1. The van der Waals surface area contributed by atoms with Crippen LogP contribution in [-0.4, -0.2) is 47.3 Å². The Labute approximate surface area is 181 Å². The first-order valence-corrected chi connectivity index (χ1v) is 10.3. The van der Waals surface area contributed by atoms with E-state index in [9.17, 15) is 23.4 Å². The SMILES string of the molecule is Cc1ccc(SC2OC(CO)C(O)O[C@H]2CN/C=C(\N)c2cc(F)c(F)c(F)c2)cc1. The molecule has 5 N–H and O–H groups in total. The number of aliphatic hydroxyl groups is 2. The zero-order valence-electron chi connectivity index (χ0n) is 16.6. The summed E-state index contributed by atoms with van der Waals surface area (Å²) in [6.07, 6.45) is -1.57. The summed E-state index contributed by atoms with van der Waals surface area (Å²) in [5.41, 5.74) is 6.31. The Morgan fingerprint density at radius 1 is 1.13 bits per heavy atom. The predicted molar refractivity (Wildman–Crippen MR) is 110 cm³/mol. The van der Waals surface area contributed by atoms with Crippen LogP contribution in [0, 0.1) is 24.4 Å². The number of nitrogens with one attached hydrogen (secondary N) is 1. The molecular weight excluding hydrogens is 433 g/mol. The number of hydrogen-bond donors (Lipinski definition) is 4. The predicted octanol–water partition coefficient (Wildman–Crippen LogP) is 2.47. The molecule has 1 fully saturated rings. The second-order valence-electron chi connectivity index (χ2n) is 6.98. The van der Waals surface area contributed by atoms with Gasteiger partial charge in [0.25, 0.3) is 0 Å². The van der Waals surface area contributed by atoms with Crippen molar-refractivity contribution in [1.29, 1.82) is 0 Å². The molecule has 1 heterocycles. The Balaban J connectivity index is 1.69. The van der Waals surface area contributed by atoms with Gasteiger partial charge >= 0.3 is 0 Å². The lowest BCUT2D eigenvalue weighted by Gasteiger charge is -2.38. The topological polar surface area (TPSA) is 97.0 Å². The fraction of sp³-hybridized carbons (Fsp3) is 0.333. The molecule has 1 saturated heterocycles. The molecule has 3 unspecified atom stereocenters. The highest BCUT2D eigenvalue weighted by Gasteiger charge is 2.38. The van der Waals surface area contributed by atoms with Crippen molar-refractivity contribution < 1.29 is 32.9 Å². The van der Waals surface area contributed by atoms with Gasteiger partial charge in [-0.25, -0.2) is 13.2 Å². The molecule has 0 bridgehead atoms. The van der Waals surface area contributed by atoms with Crippen LogP contribution < -0.4 is 11.1 Å². The van der Waals surface area contributed by atoms with Crippen molar-refractivity contribution in [3.8, 4) is 0 Å². The van der Waals surface area contributed by atoms with E-state index in [0.29, 0.717) is 0 Å². The average Bonchev–Trinajstić information content (AvgIpc) is 2.74. The number of benzene rings is 2. The first kappa shape index (κ1) is 23.4. The molecule has 2 aromatic rings. The maximum atomic E-state index is 13.4. The van der Waals surface area contributed by atoms with Crippen LogP contribution in [0.15, 0.2) is 47.5 Å². The van der Waals surface area contributed by atoms with Crippen LogP contribution in [0.25, 0.3) is 5.70 Å². The third-order valence-electron chi connectivity index (χ3n) is 4.59. The number of rotatable bonds is 7. The van der Waals surface area contributed by atoms with Crippen LogP contribution in [0.3, 0.4) is 0 Å². The van der Waals surface area contributed by atoms with Crippen LogP contribution in [0.5, 0.6) is 0 Å². The Hall–Kier alpha value is -2.24. The lowest BCUT2D eigenvalue weighted by Crippen LogP contribution is -2.52. The van der Waals surface area contributed by atoms with Crippen LogP contribution >= 0.6 is 11.8 Å². The molecule has 0 spiro atoms. The maximum Gasteiger partial charge on any atom is 0.194 e. The molecule has 0 aliphatic carbocycles. The van der Waals surface area contributed by atoms with Gasteiger partial charge in [0.05, 0.1) is 12.3 Å². The van der Waals surface area contributed by atoms with Gasteiger partial charge in [-0.2, -0.15) is 0 Å². The molecule has 0 aromatic heterocycles. The van der Waals surface area contributed by atoms with Gasteiger partial charge in [0.15, 0.2) is 23.7 Å². The lowest BCUT2D eigenvalue weighted by atomic mass is 10.1. The number of aryl methyl sites for hydroxylation is 1. The van der Waals surface area contributed by atoms with Crippen molar-refractivity contribution in [2.24, 2.45) is 5.73 Å². The maximum absolute atomic E-state index is 13.4. The van der Waals surface area contributed by atoms with E-state index in [2.05, 4.69) is 5.32 Å². The highest BCUT2D eigenvalue weighted by atomic mass is 32.2. The minimum Gasteiger partial charge on any atom is -0.397 e. The average molecular weight is 456 g/mol. The van der Waals surface area contributed by atoms with Gasteiger partial charge in [0.1, 0.15) is 17.6 Å². The molecule has 3 rings (SSSR count). The molecular formula is C21H23F3N2O4S. The van der Waals surface area contributed by atoms with Gasteiger partial charge in [-0.05, 0) is 31.2 Å². The molecule has 1 aliphatic rings. The van der Waals surface area contributed by atoms with E-state index < -0.39 is 48.0 Å². The summed E-state index contributed by atoms with van der Waals surface area (Å²) in [5, 5.41) is 22.3. The highest BCUT2D eigenvalue weighted by molar-refractivity contribution is 7.99. The summed E-state index contributed by atoms with van der Waals surface area (Å²) >= 11 is 1.36. The second-order valence-corrected chi connectivity index (χ2v) is 8.16. The second kappa shape index (κ2) is 10.4. The Morgan fingerprint density at radius 3 is 2.39 bits per heavy atom. The first-order chi connectivity index (χ1) is 14.8. The van der Waals surface area contributed by atoms with E-state index in [4.69, 9.17) is 15.2 Å². The normalized spacial score (nSPS) is 24.3. The summed E-state index contributed by atoms with van der Waals surface area (Å²) in [6, 6.07) is 9.31. The molecule has 0 radical (unpaired) electrons. The van der Waals surface area contributed by atoms with Gasteiger partial charge in [-0.1, -0.05) is 29.5 Å². The van der Waals surface area contributed by atoms with E-state index in [1.54, 1.807) is 0 Å². The zero-order valence-corrected chi connectivity index (χ0v) is 17.4. The number of ether oxygens (including phenoxy) is 2. The van der Waals surface area contributed by atoms with E-state index in [1.807, 2.05) is 31.2 Å². The van der Waals surface area contributed by atoms with Crippen LogP contribution in [0.4, 0.5) is 13.2 Å². The van der Waals surface area contributed by atoms with Crippen molar-refractivity contribution in [2.75, 3.05) is 13.2 Å². The third kappa shape index (κ3) is 5.92. The van der Waals surface area contributed by atoms with Gasteiger partial charge in [-0.3, -0.25) is 0 Å². The van der Waals surface area contributed by atoms with Crippen LogP contribution in [0.2, 0.25) is 0 Å².